The van der Waals surface area contributed by atoms with Crippen molar-refractivity contribution in [1.82, 2.24) is 4.90 Å². The van der Waals surface area contributed by atoms with Crippen molar-refractivity contribution in [2.75, 3.05) is 11.9 Å². The first-order valence-electron chi connectivity index (χ1n) is 5.74. The van der Waals surface area contributed by atoms with E-state index >= 15 is 0 Å². The Balaban J connectivity index is 2.10. The number of hydrogen-bond acceptors (Lipinski definition) is 2. The predicted molar refractivity (Wildman–Crippen MR) is 67.8 cm³/mol. The number of carboxylic acid groups (broad SMARTS) is 1. The van der Waals surface area contributed by atoms with Crippen molar-refractivity contribution in [3.05, 3.63) is 29.0 Å². The van der Waals surface area contributed by atoms with Gasteiger partial charge >= 0.3 is 12.0 Å². The smallest absolute Gasteiger partial charge is 0.326 e. The highest BCUT2D eigenvalue weighted by atomic mass is 35.5. The number of rotatable bonds is 2. The van der Waals surface area contributed by atoms with E-state index in [4.69, 9.17) is 16.7 Å². The van der Waals surface area contributed by atoms with Gasteiger partial charge in [-0.3, -0.25) is 0 Å². The number of carbonyl (C=O) groups is 2. The summed E-state index contributed by atoms with van der Waals surface area (Å²) in [7, 11) is 0. The lowest BCUT2D eigenvalue weighted by atomic mass is 10.2. The average Bonchev–Trinajstić information content (AvgIpc) is 2.82. The molecule has 1 heterocycles. The monoisotopic (exact) mass is 286 g/mol. The van der Waals surface area contributed by atoms with E-state index in [2.05, 4.69) is 5.32 Å². The third kappa shape index (κ3) is 2.96. The summed E-state index contributed by atoms with van der Waals surface area (Å²) in [5.74, 6) is -1.54. The summed E-state index contributed by atoms with van der Waals surface area (Å²) in [6.45, 7) is 0.377. The van der Waals surface area contributed by atoms with Crippen LogP contribution in [0.1, 0.15) is 12.8 Å². The van der Waals surface area contributed by atoms with Crippen LogP contribution in [0.25, 0.3) is 0 Å². The molecule has 19 heavy (non-hydrogen) atoms. The van der Waals surface area contributed by atoms with Gasteiger partial charge in [-0.05, 0) is 31.0 Å². The molecule has 0 saturated carbocycles. The number of carboxylic acids is 1. The van der Waals surface area contributed by atoms with Crippen molar-refractivity contribution in [3.63, 3.8) is 0 Å². The fraction of sp³-hybridized carbons (Fsp3) is 0.333. The van der Waals surface area contributed by atoms with Crippen LogP contribution in [0.4, 0.5) is 14.9 Å². The van der Waals surface area contributed by atoms with Gasteiger partial charge in [0.15, 0.2) is 0 Å². The zero-order valence-electron chi connectivity index (χ0n) is 9.90. The van der Waals surface area contributed by atoms with Crippen molar-refractivity contribution >= 4 is 29.3 Å². The molecule has 7 heteroatoms. The average molecular weight is 287 g/mol. The number of hydrogen-bond donors (Lipinski definition) is 2. The van der Waals surface area contributed by atoms with Gasteiger partial charge in [-0.2, -0.15) is 0 Å². The number of amides is 2. The van der Waals surface area contributed by atoms with E-state index < -0.39 is 23.9 Å². The number of carbonyl (C=O) groups excluding carboxylic acids is 1. The van der Waals surface area contributed by atoms with E-state index in [0.29, 0.717) is 19.4 Å². The Morgan fingerprint density at radius 3 is 2.84 bits per heavy atom. The van der Waals surface area contributed by atoms with Crippen molar-refractivity contribution in [2.24, 2.45) is 0 Å². The zero-order chi connectivity index (χ0) is 14.0. The highest BCUT2D eigenvalue weighted by molar-refractivity contribution is 6.33. The van der Waals surface area contributed by atoms with E-state index in [9.17, 15) is 14.0 Å². The van der Waals surface area contributed by atoms with Gasteiger partial charge in [-0.1, -0.05) is 11.6 Å². The summed E-state index contributed by atoms with van der Waals surface area (Å²) >= 11 is 5.79. The molecule has 0 bridgehead atoms. The van der Waals surface area contributed by atoms with Gasteiger partial charge < -0.3 is 15.3 Å². The van der Waals surface area contributed by atoms with E-state index in [1.807, 2.05) is 0 Å². The van der Waals surface area contributed by atoms with Gasteiger partial charge in [0, 0.05) is 6.54 Å². The molecule has 0 unspecified atom stereocenters. The van der Waals surface area contributed by atoms with Gasteiger partial charge in [0.05, 0.1) is 10.7 Å². The lowest BCUT2D eigenvalue weighted by Gasteiger charge is -2.22. The second-order valence-electron chi connectivity index (χ2n) is 4.24. The molecule has 1 saturated heterocycles. The molecule has 0 spiro atoms. The number of halogens is 2. The van der Waals surface area contributed by atoms with Crippen LogP contribution in [0.2, 0.25) is 5.02 Å². The van der Waals surface area contributed by atoms with E-state index in [1.165, 1.54) is 17.0 Å². The minimum atomic E-state index is -1.03. The molecule has 1 aliphatic heterocycles. The molecule has 5 nitrogen and oxygen atoms in total. The van der Waals surface area contributed by atoms with Crippen molar-refractivity contribution in [2.45, 2.75) is 18.9 Å². The standard InChI is InChI=1S/C12H12ClFN2O3/c13-8-6-7(14)3-4-9(8)15-12(19)16-5-1-2-10(16)11(17)18/h3-4,6,10H,1-2,5H2,(H,15,19)(H,17,18)/t10-/m0/s1. The summed E-state index contributed by atoms with van der Waals surface area (Å²) in [5.41, 5.74) is 0.254. The van der Waals surface area contributed by atoms with Crippen molar-refractivity contribution in [1.29, 1.82) is 0 Å². The van der Waals surface area contributed by atoms with Crippen LogP contribution in [0, 0.1) is 5.82 Å². The summed E-state index contributed by atoms with van der Waals surface area (Å²) in [5, 5.41) is 11.6. The molecule has 0 aromatic heterocycles. The summed E-state index contributed by atoms with van der Waals surface area (Å²) in [6.07, 6.45) is 1.07. The fourth-order valence-electron chi connectivity index (χ4n) is 2.04. The lowest BCUT2D eigenvalue weighted by molar-refractivity contribution is -0.141. The Labute approximate surface area is 114 Å². The number of nitrogens with zero attached hydrogens (tertiary/aromatic N) is 1. The lowest BCUT2D eigenvalue weighted by Crippen LogP contribution is -2.42. The fourth-order valence-corrected chi connectivity index (χ4v) is 2.26. The molecule has 2 amide bonds. The van der Waals surface area contributed by atoms with Crippen LogP contribution in [-0.2, 0) is 4.79 Å². The Bertz CT molecular complexity index is 524. The summed E-state index contributed by atoms with van der Waals surface area (Å²) in [6, 6.07) is 2.22. The molecule has 1 aromatic carbocycles. The maximum atomic E-state index is 12.9. The van der Waals surface area contributed by atoms with Crippen LogP contribution in [0.15, 0.2) is 18.2 Å². The van der Waals surface area contributed by atoms with E-state index in [1.54, 1.807) is 0 Å². The third-order valence-electron chi connectivity index (χ3n) is 2.97. The Morgan fingerprint density at radius 2 is 2.21 bits per heavy atom. The Kier molecular flexibility index (Phi) is 3.90. The summed E-state index contributed by atoms with van der Waals surface area (Å²) in [4.78, 5) is 24.2. The third-order valence-corrected chi connectivity index (χ3v) is 3.28. The molecular weight excluding hydrogens is 275 g/mol. The molecule has 0 radical (unpaired) electrons. The quantitative estimate of drug-likeness (QED) is 0.878. The molecule has 1 aliphatic rings. The maximum absolute atomic E-state index is 12.9. The number of anilines is 1. The van der Waals surface area contributed by atoms with Crippen LogP contribution in [-0.4, -0.2) is 34.6 Å². The summed E-state index contributed by atoms with van der Waals surface area (Å²) < 4.78 is 12.9. The number of aliphatic carboxylic acids is 1. The number of nitrogens with one attached hydrogen (secondary N) is 1. The highest BCUT2D eigenvalue weighted by Gasteiger charge is 2.34. The van der Waals surface area contributed by atoms with Crippen molar-refractivity contribution in [3.8, 4) is 0 Å². The molecule has 1 atom stereocenters. The van der Waals surface area contributed by atoms with Gasteiger partial charge in [0.25, 0.3) is 0 Å². The van der Waals surface area contributed by atoms with E-state index in [0.717, 1.165) is 6.07 Å². The minimum Gasteiger partial charge on any atom is -0.480 e. The van der Waals surface area contributed by atoms with Crippen LogP contribution >= 0.6 is 11.6 Å². The first kappa shape index (κ1) is 13.6. The SMILES string of the molecule is O=C(O)[C@@H]1CCCN1C(=O)Nc1ccc(F)cc1Cl. The minimum absolute atomic E-state index is 0.0689. The van der Waals surface area contributed by atoms with Crippen LogP contribution < -0.4 is 5.32 Å². The maximum Gasteiger partial charge on any atom is 0.326 e. The van der Waals surface area contributed by atoms with Crippen molar-refractivity contribution < 1.29 is 19.1 Å². The Morgan fingerprint density at radius 1 is 1.47 bits per heavy atom. The molecule has 1 aromatic rings. The zero-order valence-corrected chi connectivity index (χ0v) is 10.7. The largest absolute Gasteiger partial charge is 0.480 e. The normalized spacial score (nSPS) is 18.4. The van der Waals surface area contributed by atoms with Gasteiger partial charge in [-0.25, -0.2) is 14.0 Å². The molecule has 2 rings (SSSR count). The van der Waals surface area contributed by atoms with Crippen LogP contribution in [0.5, 0.6) is 0 Å². The number of urea groups is 1. The first-order valence-corrected chi connectivity index (χ1v) is 6.12. The molecule has 102 valence electrons. The number of benzene rings is 1. The second-order valence-corrected chi connectivity index (χ2v) is 4.65. The topological polar surface area (TPSA) is 69.6 Å². The van der Waals surface area contributed by atoms with E-state index in [-0.39, 0.29) is 10.7 Å². The number of likely N-dealkylation sites (tertiary alicyclic amines) is 1. The first-order chi connectivity index (χ1) is 8.99. The Hall–Kier alpha value is -1.82. The van der Waals surface area contributed by atoms with Gasteiger partial charge in [0.1, 0.15) is 11.9 Å². The van der Waals surface area contributed by atoms with Gasteiger partial charge in [0.2, 0.25) is 0 Å². The second kappa shape index (κ2) is 5.44. The van der Waals surface area contributed by atoms with Gasteiger partial charge in [-0.15, -0.1) is 0 Å². The molecular formula is C12H12ClFN2O3. The predicted octanol–water partition coefficient (Wildman–Crippen LogP) is 2.56. The molecule has 1 fully saturated rings. The molecule has 0 aliphatic carbocycles. The van der Waals surface area contributed by atoms with Crippen LogP contribution in [0.3, 0.4) is 0 Å². The highest BCUT2D eigenvalue weighted by Crippen LogP contribution is 2.24. The molecule has 2 N–H and O–H groups in total.